The molecule has 0 saturated carbocycles. The average molecular weight is 352 g/mol. The molecule has 0 spiro atoms. The van der Waals surface area contributed by atoms with Crippen LogP contribution in [0, 0.1) is 11.3 Å². The van der Waals surface area contributed by atoms with Gasteiger partial charge in [-0.1, -0.05) is 24.3 Å². The molecule has 0 radical (unpaired) electrons. The Morgan fingerprint density at radius 1 is 1.24 bits per heavy atom. The summed E-state index contributed by atoms with van der Waals surface area (Å²) in [5.41, 5.74) is 2.34. The van der Waals surface area contributed by atoms with E-state index in [9.17, 15) is 4.79 Å². The van der Waals surface area contributed by atoms with Crippen LogP contribution in [-0.4, -0.2) is 24.4 Å². The van der Waals surface area contributed by atoms with E-state index >= 15 is 0 Å². The molecule has 1 aliphatic heterocycles. The molecule has 5 heteroatoms. The minimum Gasteiger partial charge on any atom is -0.377 e. The highest BCUT2D eigenvalue weighted by Gasteiger charge is 2.18. The number of carbonyl (C=O) groups is 1. The van der Waals surface area contributed by atoms with E-state index in [0.717, 1.165) is 41.3 Å². The highest BCUT2D eigenvalue weighted by Crippen LogP contribution is 2.27. The Morgan fingerprint density at radius 2 is 2.04 bits per heavy atom. The molecule has 0 bridgehead atoms. The number of carbonyl (C=O) groups excluding carboxylic acids is 1. The molecule has 2 aromatic carbocycles. The van der Waals surface area contributed by atoms with Crippen LogP contribution in [0.1, 0.15) is 28.8 Å². The van der Waals surface area contributed by atoms with Crippen LogP contribution in [0.3, 0.4) is 0 Å². The van der Waals surface area contributed by atoms with Crippen LogP contribution in [0.15, 0.2) is 53.4 Å². The van der Waals surface area contributed by atoms with Gasteiger partial charge in [-0.15, -0.1) is 11.8 Å². The van der Waals surface area contributed by atoms with Gasteiger partial charge >= 0.3 is 0 Å². The number of thioether (sulfide) groups is 1. The van der Waals surface area contributed by atoms with E-state index in [2.05, 4.69) is 11.4 Å². The van der Waals surface area contributed by atoms with E-state index < -0.39 is 0 Å². The predicted molar refractivity (Wildman–Crippen MR) is 99.9 cm³/mol. The van der Waals surface area contributed by atoms with Gasteiger partial charge in [0, 0.05) is 22.9 Å². The number of nitrogens with zero attached hydrogens (tertiary/aromatic N) is 1. The van der Waals surface area contributed by atoms with Crippen molar-refractivity contribution in [3.63, 3.8) is 0 Å². The number of amides is 1. The normalized spacial score (nSPS) is 16.4. The number of benzene rings is 2. The lowest BCUT2D eigenvalue weighted by atomic mass is 10.1. The summed E-state index contributed by atoms with van der Waals surface area (Å²) >= 11 is 1.67. The van der Waals surface area contributed by atoms with Crippen molar-refractivity contribution in [3.8, 4) is 6.07 Å². The van der Waals surface area contributed by atoms with Gasteiger partial charge in [0.1, 0.15) is 0 Å². The molecular formula is C20H20N2O2S. The van der Waals surface area contributed by atoms with Crippen LogP contribution in [-0.2, 0) is 11.2 Å². The van der Waals surface area contributed by atoms with Gasteiger partial charge in [0.25, 0.3) is 5.91 Å². The first-order valence-electron chi connectivity index (χ1n) is 8.37. The molecule has 1 atom stereocenters. The summed E-state index contributed by atoms with van der Waals surface area (Å²) < 4.78 is 5.66. The Hall–Kier alpha value is -2.29. The maximum atomic E-state index is 12.6. The van der Waals surface area contributed by atoms with Crippen LogP contribution >= 0.6 is 11.8 Å². The standard InChI is InChI=1S/C20H20N2O2S/c21-12-11-15-7-9-16(10-8-15)22-20(23)18-5-1-2-6-19(18)25-14-17-4-3-13-24-17/h1-2,5-10,17H,3-4,11,13-14H2,(H,22,23). The van der Waals surface area contributed by atoms with Crippen molar-refractivity contribution in [2.75, 3.05) is 17.7 Å². The summed E-state index contributed by atoms with van der Waals surface area (Å²) in [5, 5.41) is 11.6. The molecular weight excluding hydrogens is 332 g/mol. The van der Waals surface area contributed by atoms with Crippen LogP contribution in [0.2, 0.25) is 0 Å². The number of ether oxygens (including phenoxy) is 1. The maximum absolute atomic E-state index is 12.6. The van der Waals surface area contributed by atoms with Crippen LogP contribution < -0.4 is 5.32 Å². The highest BCUT2D eigenvalue weighted by molar-refractivity contribution is 7.99. The Balaban J connectivity index is 1.65. The second kappa shape index (κ2) is 8.70. The van der Waals surface area contributed by atoms with Gasteiger partial charge in [-0.2, -0.15) is 5.26 Å². The summed E-state index contributed by atoms with van der Waals surface area (Å²) in [7, 11) is 0. The fourth-order valence-electron chi connectivity index (χ4n) is 2.73. The van der Waals surface area contributed by atoms with Gasteiger partial charge in [-0.25, -0.2) is 0 Å². The Bertz CT molecular complexity index is 762. The molecule has 1 fully saturated rings. The smallest absolute Gasteiger partial charge is 0.256 e. The molecule has 3 rings (SSSR count). The third-order valence-corrected chi connectivity index (χ3v) is 5.28. The quantitative estimate of drug-likeness (QED) is 0.789. The number of hydrogen-bond donors (Lipinski definition) is 1. The van der Waals surface area contributed by atoms with Crippen LogP contribution in [0.4, 0.5) is 5.69 Å². The second-order valence-corrected chi connectivity index (χ2v) is 6.99. The molecule has 1 aliphatic rings. The molecule has 1 N–H and O–H groups in total. The fourth-order valence-corrected chi connectivity index (χ4v) is 3.85. The first-order chi connectivity index (χ1) is 12.3. The lowest BCUT2D eigenvalue weighted by Gasteiger charge is -2.12. The van der Waals surface area contributed by atoms with Gasteiger partial charge in [-0.05, 0) is 42.7 Å². The Kier molecular flexibility index (Phi) is 6.10. The van der Waals surface area contributed by atoms with E-state index in [1.807, 2.05) is 48.5 Å². The summed E-state index contributed by atoms with van der Waals surface area (Å²) in [6, 6.07) is 17.1. The molecule has 0 aliphatic carbocycles. The second-order valence-electron chi connectivity index (χ2n) is 5.93. The zero-order chi connectivity index (χ0) is 17.5. The van der Waals surface area contributed by atoms with Gasteiger partial charge in [-0.3, -0.25) is 4.79 Å². The zero-order valence-corrected chi connectivity index (χ0v) is 14.7. The van der Waals surface area contributed by atoms with Crippen molar-refractivity contribution >= 4 is 23.4 Å². The SMILES string of the molecule is N#CCc1ccc(NC(=O)c2ccccc2SCC2CCCO2)cc1. The minimum absolute atomic E-state index is 0.122. The number of anilines is 1. The minimum atomic E-state index is -0.122. The van der Waals surface area contributed by atoms with E-state index in [4.69, 9.17) is 10.00 Å². The molecule has 1 heterocycles. The summed E-state index contributed by atoms with van der Waals surface area (Å²) in [6.45, 7) is 0.842. The number of nitriles is 1. The molecule has 0 aromatic heterocycles. The van der Waals surface area contributed by atoms with Crippen molar-refractivity contribution in [1.82, 2.24) is 0 Å². The van der Waals surface area contributed by atoms with Gasteiger partial charge in [0.15, 0.2) is 0 Å². The first kappa shape index (κ1) is 17.5. The number of nitrogens with one attached hydrogen (secondary N) is 1. The lowest BCUT2D eigenvalue weighted by molar-refractivity contribution is 0.102. The molecule has 1 amide bonds. The van der Waals surface area contributed by atoms with Gasteiger partial charge in [0.05, 0.1) is 24.2 Å². The van der Waals surface area contributed by atoms with Gasteiger partial charge < -0.3 is 10.1 Å². The summed E-state index contributed by atoms with van der Waals surface area (Å²) in [4.78, 5) is 13.6. The summed E-state index contributed by atoms with van der Waals surface area (Å²) in [6.07, 6.45) is 2.87. The third kappa shape index (κ3) is 4.85. The fraction of sp³-hybridized carbons (Fsp3) is 0.300. The van der Waals surface area contributed by atoms with Crippen molar-refractivity contribution in [2.45, 2.75) is 30.3 Å². The third-order valence-electron chi connectivity index (χ3n) is 4.08. The van der Waals surface area contributed by atoms with E-state index in [1.165, 1.54) is 0 Å². The molecule has 4 nitrogen and oxygen atoms in total. The van der Waals surface area contributed by atoms with Gasteiger partial charge in [0.2, 0.25) is 0 Å². The molecule has 25 heavy (non-hydrogen) atoms. The lowest BCUT2D eigenvalue weighted by Crippen LogP contribution is -2.14. The Labute approximate surface area is 152 Å². The van der Waals surface area contributed by atoms with Crippen LogP contribution in [0.5, 0.6) is 0 Å². The Morgan fingerprint density at radius 3 is 2.76 bits per heavy atom. The largest absolute Gasteiger partial charge is 0.377 e. The first-order valence-corrected chi connectivity index (χ1v) is 9.35. The molecule has 2 aromatic rings. The molecule has 1 saturated heterocycles. The highest BCUT2D eigenvalue weighted by atomic mass is 32.2. The average Bonchev–Trinajstić information content (AvgIpc) is 3.16. The van der Waals surface area contributed by atoms with E-state index in [0.29, 0.717) is 12.0 Å². The van der Waals surface area contributed by atoms with Crippen molar-refractivity contribution < 1.29 is 9.53 Å². The maximum Gasteiger partial charge on any atom is 0.256 e. The van der Waals surface area contributed by atoms with Crippen LogP contribution in [0.25, 0.3) is 0 Å². The molecule has 1 unspecified atom stereocenters. The number of hydrogen-bond acceptors (Lipinski definition) is 4. The van der Waals surface area contributed by atoms with Crippen molar-refractivity contribution in [3.05, 3.63) is 59.7 Å². The van der Waals surface area contributed by atoms with E-state index in [-0.39, 0.29) is 12.0 Å². The topological polar surface area (TPSA) is 62.1 Å². The predicted octanol–water partition coefficient (Wildman–Crippen LogP) is 4.28. The molecule has 128 valence electrons. The van der Waals surface area contributed by atoms with E-state index in [1.54, 1.807) is 11.8 Å². The van der Waals surface area contributed by atoms with Crippen molar-refractivity contribution in [1.29, 1.82) is 5.26 Å². The zero-order valence-electron chi connectivity index (χ0n) is 13.9. The monoisotopic (exact) mass is 352 g/mol. The van der Waals surface area contributed by atoms with Crippen molar-refractivity contribution in [2.24, 2.45) is 0 Å². The number of rotatable bonds is 6. The summed E-state index contributed by atoms with van der Waals surface area (Å²) in [5.74, 6) is 0.746.